The van der Waals surface area contributed by atoms with Crippen molar-refractivity contribution < 1.29 is 0 Å². The summed E-state index contributed by atoms with van der Waals surface area (Å²) in [6.45, 7) is 18.2. The van der Waals surface area contributed by atoms with Gasteiger partial charge in [-0.1, -0.05) is 51.5 Å². The van der Waals surface area contributed by atoms with Crippen LogP contribution in [0.15, 0.2) is 23.8 Å². The molecule has 0 aliphatic heterocycles. The van der Waals surface area contributed by atoms with Crippen LogP contribution in [0.3, 0.4) is 0 Å². The Labute approximate surface area is 86.8 Å². The monoisotopic (exact) mass is 186 g/mol. The molecule has 13 heavy (non-hydrogen) atoms. The molecule has 0 aromatic rings. The van der Waals surface area contributed by atoms with E-state index < -0.39 is 0 Å². The molecule has 0 heteroatoms. The zero-order valence-electron chi connectivity index (χ0n) is 11.2. The minimum absolute atomic E-state index is 1.38. The molecule has 0 aliphatic carbocycles. The fourth-order valence-electron chi connectivity index (χ4n) is 0. The van der Waals surface area contributed by atoms with Crippen LogP contribution in [0.4, 0.5) is 0 Å². The summed E-state index contributed by atoms with van der Waals surface area (Å²) in [5.74, 6) is 0. The quantitative estimate of drug-likeness (QED) is 0.431. The first kappa shape index (κ1) is 22.9. The second kappa shape index (κ2) is 42.0. The van der Waals surface area contributed by atoms with Crippen molar-refractivity contribution in [1.29, 1.82) is 0 Å². The van der Waals surface area contributed by atoms with Crippen LogP contribution < -0.4 is 0 Å². The molecule has 0 N–H and O–H groups in total. The molecule has 0 aromatic heterocycles. The van der Waals surface area contributed by atoms with E-state index in [1.54, 1.807) is 0 Å². The van der Waals surface area contributed by atoms with Crippen molar-refractivity contribution in [2.75, 3.05) is 0 Å². The van der Waals surface area contributed by atoms with E-state index in [9.17, 15) is 0 Å². The molecule has 0 saturated heterocycles. The third kappa shape index (κ3) is 168. The molecule has 0 saturated carbocycles. The second-order valence-corrected chi connectivity index (χ2v) is 2.03. The molecule has 0 radical (unpaired) electrons. The molecule has 82 valence electrons. The maximum atomic E-state index is 2.08. The first-order valence-electron chi connectivity index (χ1n) is 5.35. The minimum atomic E-state index is 1.38. The molecule has 0 unspecified atom stereocenters. The summed E-state index contributed by atoms with van der Waals surface area (Å²) in [5, 5.41) is 0. The molecular formula is C13H30. The average molecular weight is 186 g/mol. The third-order valence-electron chi connectivity index (χ3n) is 0.911. The van der Waals surface area contributed by atoms with Gasteiger partial charge in [0, 0.05) is 0 Å². The lowest BCUT2D eigenvalue weighted by Crippen LogP contribution is -1.52. The second-order valence-electron chi connectivity index (χ2n) is 2.03. The third-order valence-corrected chi connectivity index (χ3v) is 0.911. The Kier molecular flexibility index (Phi) is 73.9. The molecule has 0 spiro atoms. The average Bonchev–Trinajstić information content (AvgIpc) is 2.24. The van der Waals surface area contributed by atoms with Crippen LogP contribution >= 0.6 is 0 Å². The summed E-state index contributed by atoms with van der Waals surface area (Å²) < 4.78 is 0. The predicted octanol–water partition coefficient (Wildman–Crippen LogP) is 5.61. The van der Waals surface area contributed by atoms with Gasteiger partial charge >= 0.3 is 0 Å². The standard InChI is InChI=1S/C5H10.C4H8.2C2H6/c1-4-5(2)3;1-3-4-2;2*1-2/h4H,1-3H3;3-4H,1-2H3;2*1-2H3/b;4-3+;;. The van der Waals surface area contributed by atoms with Crippen molar-refractivity contribution in [2.24, 2.45) is 0 Å². The van der Waals surface area contributed by atoms with Crippen molar-refractivity contribution in [3.8, 4) is 0 Å². The van der Waals surface area contributed by atoms with Crippen LogP contribution in [0.2, 0.25) is 0 Å². The summed E-state index contributed by atoms with van der Waals surface area (Å²) in [6.07, 6.45) is 6.08. The summed E-state index contributed by atoms with van der Waals surface area (Å²) >= 11 is 0. The lowest BCUT2D eigenvalue weighted by molar-refractivity contribution is 1.36. The first-order valence-corrected chi connectivity index (χ1v) is 5.35. The van der Waals surface area contributed by atoms with Crippen molar-refractivity contribution in [3.05, 3.63) is 23.8 Å². The predicted molar refractivity (Wildman–Crippen MR) is 68.3 cm³/mol. The van der Waals surface area contributed by atoms with Gasteiger partial charge in [0.15, 0.2) is 0 Å². The fourth-order valence-corrected chi connectivity index (χ4v) is 0. The Morgan fingerprint density at radius 1 is 0.692 bits per heavy atom. The van der Waals surface area contributed by atoms with Crippen LogP contribution in [-0.2, 0) is 0 Å². The SMILES string of the molecule is C/C=C/C.CC.CC.CC=C(C)C. The van der Waals surface area contributed by atoms with Crippen LogP contribution in [-0.4, -0.2) is 0 Å². The van der Waals surface area contributed by atoms with E-state index in [0.717, 1.165) is 0 Å². The van der Waals surface area contributed by atoms with Gasteiger partial charge in [0.2, 0.25) is 0 Å². The minimum Gasteiger partial charge on any atom is -0.0919 e. The Balaban J connectivity index is -0.0000000457. The Hall–Kier alpha value is -0.520. The zero-order chi connectivity index (χ0) is 11.7. The maximum Gasteiger partial charge on any atom is -0.0442 e. The van der Waals surface area contributed by atoms with Gasteiger partial charge in [-0.3, -0.25) is 0 Å². The Morgan fingerprint density at radius 3 is 0.846 bits per heavy atom. The fraction of sp³-hybridized carbons (Fsp3) is 0.692. The van der Waals surface area contributed by atoms with E-state index in [1.165, 1.54) is 5.57 Å². The van der Waals surface area contributed by atoms with Gasteiger partial charge in [-0.05, 0) is 34.6 Å². The lowest BCUT2D eigenvalue weighted by Gasteiger charge is -1.74. The highest BCUT2D eigenvalue weighted by Crippen LogP contribution is 1.82. The molecule has 0 nitrogen and oxygen atoms in total. The molecular weight excluding hydrogens is 156 g/mol. The highest BCUT2D eigenvalue weighted by atomic mass is 13.7. The summed E-state index contributed by atoms with van der Waals surface area (Å²) in [5.41, 5.74) is 1.38. The molecule has 0 aromatic carbocycles. The van der Waals surface area contributed by atoms with E-state index in [-0.39, 0.29) is 0 Å². The van der Waals surface area contributed by atoms with E-state index in [0.29, 0.717) is 0 Å². The van der Waals surface area contributed by atoms with Crippen LogP contribution in [0, 0.1) is 0 Å². The highest BCUT2D eigenvalue weighted by molar-refractivity contribution is 4.88. The number of allylic oxidation sites excluding steroid dienone is 4. The summed E-state index contributed by atoms with van der Waals surface area (Å²) in [4.78, 5) is 0. The Bertz CT molecular complexity index is 78.2. The van der Waals surface area contributed by atoms with E-state index in [4.69, 9.17) is 0 Å². The van der Waals surface area contributed by atoms with Crippen molar-refractivity contribution in [2.45, 2.75) is 62.3 Å². The van der Waals surface area contributed by atoms with Gasteiger partial charge in [0.05, 0.1) is 0 Å². The first-order chi connectivity index (χ1) is 6.18. The molecule has 0 bridgehead atoms. The molecule has 0 fully saturated rings. The maximum absolute atomic E-state index is 2.08. The van der Waals surface area contributed by atoms with E-state index in [1.807, 2.05) is 60.6 Å². The largest absolute Gasteiger partial charge is 0.0919 e. The molecule has 0 aliphatic rings. The molecule has 0 atom stereocenters. The van der Waals surface area contributed by atoms with Crippen molar-refractivity contribution >= 4 is 0 Å². The van der Waals surface area contributed by atoms with Crippen LogP contribution in [0.5, 0.6) is 0 Å². The zero-order valence-corrected chi connectivity index (χ0v) is 11.2. The highest BCUT2D eigenvalue weighted by Gasteiger charge is 1.60. The lowest BCUT2D eigenvalue weighted by atomic mass is 10.3. The summed E-state index contributed by atoms with van der Waals surface area (Å²) in [6, 6.07) is 0. The van der Waals surface area contributed by atoms with Gasteiger partial charge in [0.25, 0.3) is 0 Å². The molecule has 0 amide bonds. The topological polar surface area (TPSA) is 0 Å². The van der Waals surface area contributed by atoms with Crippen molar-refractivity contribution in [1.82, 2.24) is 0 Å². The smallest absolute Gasteiger partial charge is 0.0442 e. The van der Waals surface area contributed by atoms with Gasteiger partial charge in [-0.25, -0.2) is 0 Å². The molecule has 0 heterocycles. The summed E-state index contributed by atoms with van der Waals surface area (Å²) in [7, 11) is 0. The van der Waals surface area contributed by atoms with E-state index >= 15 is 0 Å². The van der Waals surface area contributed by atoms with Crippen molar-refractivity contribution in [3.63, 3.8) is 0 Å². The van der Waals surface area contributed by atoms with Gasteiger partial charge in [0.1, 0.15) is 0 Å². The number of rotatable bonds is 0. The molecule has 0 rings (SSSR count). The van der Waals surface area contributed by atoms with Gasteiger partial charge in [-0.2, -0.15) is 0 Å². The van der Waals surface area contributed by atoms with Crippen LogP contribution in [0.1, 0.15) is 62.3 Å². The normalized spacial score (nSPS) is 6.54. The van der Waals surface area contributed by atoms with Gasteiger partial charge in [-0.15, -0.1) is 0 Å². The number of hydrogen-bond acceptors (Lipinski definition) is 0. The Morgan fingerprint density at radius 2 is 0.846 bits per heavy atom. The van der Waals surface area contributed by atoms with E-state index in [2.05, 4.69) is 19.9 Å². The number of hydrogen-bond donors (Lipinski definition) is 0. The van der Waals surface area contributed by atoms with Crippen LogP contribution in [0.25, 0.3) is 0 Å². The van der Waals surface area contributed by atoms with Gasteiger partial charge < -0.3 is 0 Å².